The molecule has 1 aromatic rings. The normalized spacial score (nSPS) is 21.8. The molecular formula is C17H24BrNO3. The molecule has 2 atom stereocenters. The molecule has 1 aliphatic rings. The van der Waals surface area contributed by atoms with Gasteiger partial charge in [-0.2, -0.15) is 0 Å². The zero-order valence-electron chi connectivity index (χ0n) is 13.6. The van der Waals surface area contributed by atoms with Gasteiger partial charge in [-0.1, -0.05) is 28.1 Å². The van der Waals surface area contributed by atoms with Gasteiger partial charge in [0.25, 0.3) is 0 Å². The average Bonchev–Trinajstić information content (AvgIpc) is 2.90. The summed E-state index contributed by atoms with van der Waals surface area (Å²) in [5.41, 5.74) is 0.740. The van der Waals surface area contributed by atoms with Crippen LogP contribution in [0.2, 0.25) is 0 Å². The fraction of sp³-hybridized carbons (Fsp3) is 0.588. The number of nitrogens with zero attached hydrogens (tertiary/aromatic N) is 1. The molecule has 22 heavy (non-hydrogen) atoms. The summed E-state index contributed by atoms with van der Waals surface area (Å²) in [7, 11) is 1.67. The van der Waals surface area contributed by atoms with E-state index >= 15 is 0 Å². The lowest BCUT2D eigenvalue weighted by atomic mass is 9.90. The molecule has 1 heterocycles. The molecule has 1 amide bonds. The Morgan fingerprint density at radius 3 is 2.68 bits per heavy atom. The van der Waals surface area contributed by atoms with Crippen LogP contribution in [0.15, 0.2) is 24.3 Å². The lowest BCUT2D eigenvalue weighted by Gasteiger charge is -2.24. The molecule has 2 rings (SSSR count). The molecule has 4 nitrogen and oxygen atoms in total. The zero-order chi connectivity index (χ0) is 16.3. The molecule has 0 aliphatic carbocycles. The molecule has 122 valence electrons. The first kappa shape index (κ1) is 17.1. The molecule has 1 fully saturated rings. The Morgan fingerprint density at radius 2 is 2.09 bits per heavy atom. The van der Waals surface area contributed by atoms with Crippen molar-refractivity contribution < 1.29 is 14.3 Å². The third-order valence-corrected chi connectivity index (χ3v) is 4.64. The maximum atomic E-state index is 12.3. The van der Waals surface area contributed by atoms with Gasteiger partial charge in [-0.05, 0) is 44.4 Å². The molecule has 0 aromatic heterocycles. The number of ether oxygens (including phenoxy) is 2. The summed E-state index contributed by atoms with van der Waals surface area (Å²) in [6.07, 6.45) is -0.233. The molecule has 1 saturated heterocycles. The molecule has 0 radical (unpaired) electrons. The predicted molar refractivity (Wildman–Crippen MR) is 90.8 cm³/mol. The van der Waals surface area contributed by atoms with E-state index in [-0.39, 0.29) is 6.09 Å². The minimum absolute atomic E-state index is 0.233. The van der Waals surface area contributed by atoms with Crippen LogP contribution in [0.4, 0.5) is 4.79 Å². The first-order valence-electron chi connectivity index (χ1n) is 7.52. The number of amides is 1. The van der Waals surface area contributed by atoms with Crippen molar-refractivity contribution in [3.63, 3.8) is 0 Å². The van der Waals surface area contributed by atoms with Crippen LogP contribution in [0.1, 0.15) is 32.3 Å². The largest absolute Gasteiger partial charge is 0.497 e. The fourth-order valence-electron chi connectivity index (χ4n) is 2.75. The third kappa shape index (κ3) is 4.15. The van der Waals surface area contributed by atoms with E-state index in [2.05, 4.69) is 28.1 Å². The topological polar surface area (TPSA) is 38.8 Å². The molecule has 0 spiro atoms. The molecule has 0 unspecified atom stereocenters. The number of rotatable bonds is 3. The molecule has 5 heteroatoms. The maximum Gasteiger partial charge on any atom is 0.410 e. The van der Waals surface area contributed by atoms with Crippen molar-refractivity contribution in [2.75, 3.05) is 25.5 Å². The standard InChI is InChI=1S/C17H24BrNO3/c1-17(2,3)22-16(20)19-10-13(9-18)15(11-19)12-6-5-7-14(8-12)21-4/h5-8,13,15H,9-11H2,1-4H3/t13-,15+/m0/s1. The maximum absolute atomic E-state index is 12.3. The van der Waals surface area contributed by atoms with Crippen LogP contribution in [-0.2, 0) is 4.74 Å². The van der Waals surface area contributed by atoms with Gasteiger partial charge in [0.1, 0.15) is 11.4 Å². The highest BCUT2D eigenvalue weighted by Crippen LogP contribution is 2.35. The van der Waals surface area contributed by atoms with Crippen LogP contribution in [0, 0.1) is 5.92 Å². The number of hydrogen-bond donors (Lipinski definition) is 0. The highest BCUT2D eigenvalue weighted by atomic mass is 79.9. The minimum Gasteiger partial charge on any atom is -0.497 e. The monoisotopic (exact) mass is 369 g/mol. The summed E-state index contributed by atoms with van der Waals surface area (Å²) in [5.74, 6) is 1.52. The quantitative estimate of drug-likeness (QED) is 0.754. The predicted octanol–water partition coefficient (Wildman–Crippen LogP) is 4.04. The van der Waals surface area contributed by atoms with Crippen molar-refractivity contribution in [1.29, 1.82) is 0 Å². The molecule has 0 saturated carbocycles. The first-order chi connectivity index (χ1) is 10.3. The minimum atomic E-state index is -0.463. The number of likely N-dealkylation sites (tertiary alicyclic amines) is 1. The van der Waals surface area contributed by atoms with Crippen LogP contribution in [-0.4, -0.2) is 42.1 Å². The van der Waals surface area contributed by atoms with E-state index in [9.17, 15) is 4.79 Å². The lowest BCUT2D eigenvalue weighted by molar-refractivity contribution is 0.0288. The van der Waals surface area contributed by atoms with E-state index in [0.717, 1.165) is 11.1 Å². The van der Waals surface area contributed by atoms with E-state index in [0.29, 0.717) is 24.9 Å². The second kappa shape index (κ2) is 6.90. The van der Waals surface area contributed by atoms with Gasteiger partial charge in [-0.3, -0.25) is 0 Å². The van der Waals surface area contributed by atoms with Crippen LogP contribution >= 0.6 is 15.9 Å². The second-order valence-corrected chi connectivity index (χ2v) is 7.33. The summed E-state index contributed by atoms with van der Waals surface area (Å²) in [4.78, 5) is 14.1. The number of methoxy groups -OCH3 is 1. The summed E-state index contributed by atoms with van der Waals surface area (Å²) < 4.78 is 10.8. The Bertz CT molecular complexity index is 527. The number of hydrogen-bond acceptors (Lipinski definition) is 3. The van der Waals surface area contributed by atoms with Gasteiger partial charge >= 0.3 is 6.09 Å². The number of carbonyl (C=O) groups excluding carboxylic acids is 1. The Hall–Kier alpha value is -1.23. The van der Waals surface area contributed by atoms with Crippen LogP contribution in [0.3, 0.4) is 0 Å². The summed E-state index contributed by atoms with van der Waals surface area (Å²) >= 11 is 3.58. The second-order valence-electron chi connectivity index (χ2n) is 6.68. The first-order valence-corrected chi connectivity index (χ1v) is 8.64. The lowest BCUT2D eigenvalue weighted by Crippen LogP contribution is -2.35. The number of halogens is 1. The van der Waals surface area contributed by atoms with Crippen molar-refractivity contribution in [1.82, 2.24) is 4.90 Å². The van der Waals surface area contributed by atoms with Gasteiger partial charge in [0, 0.05) is 24.3 Å². The summed E-state index contributed by atoms with van der Waals surface area (Å²) in [6.45, 7) is 7.06. The van der Waals surface area contributed by atoms with E-state index in [1.807, 2.05) is 32.9 Å². The summed E-state index contributed by atoms with van der Waals surface area (Å²) in [6, 6.07) is 8.09. The van der Waals surface area contributed by atoms with Crippen molar-refractivity contribution in [2.45, 2.75) is 32.3 Å². The molecule has 1 aromatic carbocycles. The van der Waals surface area contributed by atoms with Crippen LogP contribution < -0.4 is 4.74 Å². The van der Waals surface area contributed by atoms with Crippen molar-refractivity contribution in [3.8, 4) is 5.75 Å². The van der Waals surface area contributed by atoms with Crippen LogP contribution in [0.25, 0.3) is 0 Å². The van der Waals surface area contributed by atoms with E-state index in [1.165, 1.54) is 5.56 Å². The molecular weight excluding hydrogens is 346 g/mol. The van der Waals surface area contributed by atoms with Gasteiger partial charge in [0.2, 0.25) is 0 Å². The molecule has 0 bridgehead atoms. The molecule has 0 N–H and O–H groups in total. The van der Waals surface area contributed by atoms with Crippen molar-refractivity contribution >= 4 is 22.0 Å². The van der Waals surface area contributed by atoms with E-state index in [4.69, 9.17) is 9.47 Å². The Morgan fingerprint density at radius 1 is 1.36 bits per heavy atom. The third-order valence-electron chi connectivity index (χ3n) is 3.81. The number of carbonyl (C=O) groups is 1. The van der Waals surface area contributed by atoms with Gasteiger partial charge < -0.3 is 14.4 Å². The van der Waals surface area contributed by atoms with E-state index in [1.54, 1.807) is 12.0 Å². The van der Waals surface area contributed by atoms with Crippen molar-refractivity contribution in [3.05, 3.63) is 29.8 Å². The number of alkyl halides is 1. The fourth-order valence-corrected chi connectivity index (χ4v) is 3.41. The Balaban J connectivity index is 2.14. The zero-order valence-corrected chi connectivity index (χ0v) is 15.2. The van der Waals surface area contributed by atoms with Gasteiger partial charge in [0.05, 0.1) is 7.11 Å². The van der Waals surface area contributed by atoms with Gasteiger partial charge in [0.15, 0.2) is 0 Å². The Kier molecular flexibility index (Phi) is 5.37. The Labute approximate surface area is 140 Å². The number of benzene rings is 1. The van der Waals surface area contributed by atoms with Crippen molar-refractivity contribution in [2.24, 2.45) is 5.92 Å². The average molecular weight is 370 g/mol. The molecule has 1 aliphatic heterocycles. The van der Waals surface area contributed by atoms with Gasteiger partial charge in [-0.15, -0.1) is 0 Å². The van der Waals surface area contributed by atoms with Gasteiger partial charge in [-0.25, -0.2) is 4.79 Å². The smallest absolute Gasteiger partial charge is 0.410 e. The van der Waals surface area contributed by atoms with E-state index < -0.39 is 5.60 Å². The highest BCUT2D eigenvalue weighted by Gasteiger charge is 2.37. The SMILES string of the molecule is COc1cccc([C@H]2CN(C(=O)OC(C)(C)C)C[C@@H]2CBr)c1. The van der Waals surface area contributed by atoms with Crippen LogP contribution in [0.5, 0.6) is 5.75 Å². The summed E-state index contributed by atoms with van der Waals surface area (Å²) in [5, 5.41) is 0.855. The highest BCUT2D eigenvalue weighted by molar-refractivity contribution is 9.09.